The quantitative estimate of drug-likeness (QED) is 0.472. The molecule has 0 saturated heterocycles. The number of rotatable bonds is 5. The minimum atomic E-state index is -0.933. The molecule has 5 heteroatoms. The molecule has 0 fully saturated rings. The first kappa shape index (κ1) is 16.8. The number of halogens is 2. The first-order valence-corrected chi connectivity index (χ1v) is 7.13. The van der Waals surface area contributed by atoms with E-state index in [9.17, 15) is 18.4 Å². The monoisotopic (exact) mass is 318 g/mol. The lowest BCUT2D eigenvalue weighted by Gasteiger charge is -2.08. The number of hydrogen-bond acceptors (Lipinski definition) is 3. The average molecular weight is 318 g/mol. The van der Waals surface area contributed by atoms with E-state index in [-0.39, 0.29) is 18.4 Å². The van der Waals surface area contributed by atoms with E-state index in [0.717, 1.165) is 23.3 Å². The van der Waals surface area contributed by atoms with Crippen molar-refractivity contribution in [3.63, 3.8) is 0 Å². The van der Waals surface area contributed by atoms with Gasteiger partial charge in [0.1, 0.15) is 17.4 Å². The summed E-state index contributed by atoms with van der Waals surface area (Å²) in [6.45, 7) is 3.74. The van der Waals surface area contributed by atoms with Gasteiger partial charge in [0, 0.05) is 12.5 Å². The second-order valence-electron chi connectivity index (χ2n) is 5.29. The summed E-state index contributed by atoms with van der Waals surface area (Å²) in [5.74, 6) is -2.40. The molecule has 0 aliphatic rings. The van der Waals surface area contributed by atoms with Crippen LogP contribution in [-0.2, 0) is 4.79 Å². The lowest BCUT2D eigenvalue weighted by molar-refractivity contribution is -0.134. The van der Waals surface area contributed by atoms with Crippen LogP contribution in [0.15, 0.2) is 36.4 Å². The van der Waals surface area contributed by atoms with Gasteiger partial charge >= 0.3 is 5.97 Å². The molecule has 0 unspecified atom stereocenters. The Morgan fingerprint density at radius 3 is 2.39 bits per heavy atom. The predicted octanol–water partition coefficient (Wildman–Crippen LogP) is 4.15. The minimum absolute atomic E-state index is 0.178. The summed E-state index contributed by atoms with van der Waals surface area (Å²) in [6.07, 6.45) is -0.380. The van der Waals surface area contributed by atoms with Gasteiger partial charge in [0.05, 0.1) is 12.0 Å². The maximum Gasteiger partial charge on any atom is 0.311 e. The van der Waals surface area contributed by atoms with Gasteiger partial charge in [-0.25, -0.2) is 8.78 Å². The number of ether oxygens (including phenoxy) is 1. The van der Waals surface area contributed by atoms with Crippen molar-refractivity contribution in [2.75, 3.05) is 0 Å². The molecule has 2 aromatic carbocycles. The molecule has 0 spiro atoms. The Bertz CT molecular complexity index is 754. The van der Waals surface area contributed by atoms with E-state index in [1.54, 1.807) is 6.07 Å². The standard InChI is InChI=1S/C18H16F2O3/c1-11-3-7-17(12(2)9-11)23-18(22)8-6-16(21)14-5-4-13(19)10-15(14)20/h3-5,7,9-10H,6,8H2,1-2H3. The van der Waals surface area contributed by atoms with Gasteiger partial charge in [-0.05, 0) is 37.6 Å². The fourth-order valence-corrected chi connectivity index (χ4v) is 2.15. The van der Waals surface area contributed by atoms with Crippen LogP contribution in [0.2, 0.25) is 0 Å². The van der Waals surface area contributed by atoms with Crippen molar-refractivity contribution < 1.29 is 23.1 Å². The Balaban J connectivity index is 1.94. The van der Waals surface area contributed by atoms with Crippen LogP contribution in [0, 0.1) is 25.5 Å². The normalized spacial score (nSPS) is 10.4. The van der Waals surface area contributed by atoms with Gasteiger partial charge in [0.2, 0.25) is 0 Å². The maximum absolute atomic E-state index is 13.5. The van der Waals surface area contributed by atoms with Crippen LogP contribution in [0.25, 0.3) is 0 Å². The molecule has 0 heterocycles. The molecular weight excluding hydrogens is 302 g/mol. The van der Waals surface area contributed by atoms with Crippen LogP contribution in [0.3, 0.4) is 0 Å². The van der Waals surface area contributed by atoms with Crippen molar-refractivity contribution in [1.82, 2.24) is 0 Å². The first-order valence-electron chi connectivity index (χ1n) is 7.13. The molecule has 2 rings (SSSR count). The zero-order valence-corrected chi connectivity index (χ0v) is 12.9. The van der Waals surface area contributed by atoms with Gasteiger partial charge in [-0.2, -0.15) is 0 Å². The lowest BCUT2D eigenvalue weighted by atomic mass is 10.1. The summed E-state index contributed by atoms with van der Waals surface area (Å²) in [5.41, 5.74) is 1.63. The smallest absolute Gasteiger partial charge is 0.311 e. The van der Waals surface area contributed by atoms with Crippen molar-refractivity contribution in [3.8, 4) is 5.75 Å². The second kappa shape index (κ2) is 7.13. The zero-order chi connectivity index (χ0) is 17.0. The van der Waals surface area contributed by atoms with Gasteiger partial charge in [-0.15, -0.1) is 0 Å². The molecular formula is C18H16F2O3. The molecule has 0 saturated carbocycles. The van der Waals surface area contributed by atoms with Crippen LogP contribution in [0.5, 0.6) is 5.75 Å². The highest BCUT2D eigenvalue weighted by Gasteiger charge is 2.15. The van der Waals surface area contributed by atoms with Crippen LogP contribution in [0.1, 0.15) is 34.3 Å². The number of carbonyl (C=O) groups is 2. The molecule has 2 aromatic rings. The van der Waals surface area contributed by atoms with Crippen molar-refractivity contribution in [1.29, 1.82) is 0 Å². The van der Waals surface area contributed by atoms with E-state index in [0.29, 0.717) is 11.8 Å². The van der Waals surface area contributed by atoms with E-state index >= 15 is 0 Å². The molecule has 0 aromatic heterocycles. The van der Waals surface area contributed by atoms with E-state index < -0.39 is 23.4 Å². The lowest BCUT2D eigenvalue weighted by Crippen LogP contribution is -2.12. The second-order valence-corrected chi connectivity index (χ2v) is 5.29. The summed E-state index contributed by atoms with van der Waals surface area (Å²) in [4.78, 5) is 23.7. The summed E-state index contributed by atoms with van der Waals surface area (Å²) in [6, 6.07) is 8.09. The van der Waals surface area contributed by atoms with Crippen molar-refractivity contribution >= 4 is 11.8 Å². The Hall–Kier alpha value is -2.56. The highest BCUT2D eigenvalue weighted by atomic mass is 19.1. The molecule has 0 aliphatic carbocycles. The minimum Gasteiger partial charge on any atom is -0.426 e. The molecule has 0 N–H and O–H groups in total. The largest absolute Gasteiger partial charge is 0.426 e. The predicted molar refractivity (Wildman–Crippen MR) is 81.5 cm³/mol. The molecule has 0 aliphatic heterocycles. The Morgan fingerprint density at radius 2 is 1.74 bits per heavy atom. The number of Topliss-reactive ketones (excluding diaryl/α,β-unsaturated/α-hetero) is 1. The topological polar surface area (TPSA) is 43.4 Å². The fourth-order valence-electron chi connectivity index (χ4n) is 2.15. The van der Waals surface area contributed by atoms with E-state index in [1.165, 1.54) is 0 Å². The fraction of sp³-hybridized carbons (Fsp3) is 0.222. The molecule has 0 atom stereocenters. The number of carbonyl (C=O) groups excluding carboxylic acids is 2. The molecule has 23 heavy (non-hydrogen) atoms. The number of aryl methyl sites for hydroxylation is 2. The zero-order valence-electron chi connectivity index (χ0n) is 12.9. The van der Waals surface area contributed by atoms with E-state index in [1.807, 2.05) is 26.0 Å². The van der Waals surface area contributed by atoms with E-state index in [4.69, 9.17) is 4.74 Å². The highest BCUT2D eigenvalue weighted by Crippen LogP contribution is 2.20. The Labute approximate surface area is 132 Å². The molecule has 0 bridgehead atoms. The third kappa shape index (κ3) is 4.45. The highest BCUT2D eigenvalue weighted by molar-refractivity contribution is 5.97. The van der Waals surface area contributed by atoms with Crippen LogP contribution in [-0.4, -0.2) is 11.8 Å². The third-order valence-electron chi connectivity index (χ3n) is 3.34. The van der Waals surface area contributed by atoms with Crippen LogP contribution >= 0.6 is 0 Å². The van der Waals surface area contributed by atoms with Crippen molar-refractivity contribution in [2.24, 2.45) is 0 Å². The third-order valence-corrected chi connectivity index (χ3v) is 3.34. The maximum atomic E-state index is 13.5. The summed E-state index contributed by atoms with van der Waals surface area (Å²) in [7, 11) is 0. The van der Waals surface area contributed by atoms with Crippen LogP contribution < -0.4 is 4.74 Å². The summed E-state index contributed by atoms with van der Waals surface area (Å²) >= 11 is 0. The number of esters is 1. The summed E-state index contributed by atoms with van der Waals surface area (Å²) < 4.78 is 31.5. The van der Waals surface area contributed by atoms with Gasteiger partial charge in [0.15, 0.2) is 5.78 Å². The number of benzene rings is 2. The van der Waals surface area contributed by atoms with Crippen molar-refractivity contribution in [2.45, 2.75) is 26.7 Å². The molecule has 120 valence electrons. The van der Waals surface area contributed by atoms with E-state index in [2.05, 4.69) is 0 Å². The van der Waals surface area contributed by atoms with Gasteiger partial charge < -0.3 is 4.74 Å². The molecule has 3 nitrogen and oxygen atoms in total. The Morgan fingerprint density at radius 1 is 1.00 bits per heavy atom. The number of hydrogen-bond donors (Lipinski definition) is 0. The molecule has 0 amide bonds. The Kier molecular flexibility index (Phi) is 5.21. The number of ketones is 1. The van der Waals surface area contributed by atoms with Gasteiger partial charge in [-0.3, -0.25) is 9.59 Å². The van der Waals surface area contributed by atoms with Crippen molar-refractivity contribution in [3.05, 3.63) is 64.7 Å². The van der Waals surface area contributed by atoms with Gasteiger partial charge in [0.25, 0.3) is 0 Å². The average Bonchev–Trinajstić information content (AvgIpc) is 2.48. The van der Waals surface area contributed by atoms with Gasteiger partial charge in [-0.1, -0.05) is 17.7 Å². The first-order chi connectivity index (χ1) is 10.9. The summed E-state index contributed by atoms with van der Waals surface area (Å²) in [5, 5.41) is 0. The molecule has 0 radical (unpaired) electrons. The van der Waals surface area contributed by atoms with Crippen LogP contribution in [0.4, 0.5) is 8.78 Å². The SMILES string of the molecule is Cc1ccc(OC(=O)CCC(=O)c2ccc(F)cc2F)c(C)c1.